The molecule has 0 aliphatic rings. The van der Waals surface area contributed by atoms with Crippen LogP contribution in [-0.2, 0) is 14.8 Å². The van der Waals surface area contributed by atoms with Crippen LogP contribution in [0.3, 0.4) is 0 Å². The van der Waals surface area contributed by atoms with Gasteiger partial charge < -0.3 is 19.9 Å². The maximum absolute atomic E-state index is 12.8. The van der Waals surface area contributed by atoms with Crippen LogP contribution in [0.1, 0.15) is 17.3 Å². The summed E-state index contributed by atoms with van der Waals surface area (Å²) in [6.07, 6.45) is 0. The van der Waals surface area contributed by atoms with Crippen molar-refractivity contribution >= 4 is 33.3 Å². The molecule has 0 bridgehead atoms. The number of carbonyl (C=O) groups is 2. The lowest BCUT2D eigenvalue weighted by atomic mass is 10.2. The van der Waals surface area contributed by atoms with E-state index in [9.17, 15) is 18.0 Å². The second-order valence-corrected chi connectivity index (χ2v) is 8.52. The molecular formula is C23H22N2O7S. The minimum atomic E-state index is -3.89. The van der Waals surface area contributed by atoms with Gasteiger partial charge in [0.2, 0.25) is 5.91 Å². The van der Waals surface area contributed by atoms with Gasteiger partial charge in [0.1, 0.15) is 24.7 Å². The van der Waals surface area contributed by atoms with E-state index in [4.69, 9.17) is 14.6 Å². The van der Waals surface area contributed by atoms with Crippen LogP contribution in [0, 0.1) is 0 Å². The fourth-order valence-electron chi connectivity index (χ4n) is 2.81. The van der Waals surface area contributed by atoms with Crippen LogP contribution in [0.25, 0.3) is 0 Å². The van der Waals surface area contributed by atoms with Crippen molar-refractivity contribution in [3.63, 3.8) is 0 Å². The van der Waals surface area contributed by atoms with Gasteiger partial charge in [-0.3, -0.25) is 9.52 Å². The number of ether oxygens (including phenoxy) is 2. The first-order valence-corrected chi connectivity index (χ1v) is 11.3. The summed E-state index contributed by atoms with van der Waals surface area (Å²) < 4.78 is 39.2. The summed E-state index contributed by atoms with van der Waals surface area (Å²) in [6.45, 7) is 1.66. The molecule has 0 radical (unpaired) electrons. The number of benzene rings is 3. The predicted molar refractivity (Wildman–Crippen MR) is 122 cm³/mol. The summed E-state index contributed by atoms with van der Waals surface area (Å²) in [4.78, 5) is 22.0. The summed E-state index contributed by atoms with van der Waals surface area (Å²) in [5.41, 5.74) is 0.904. The summed E-state index contributed by atoms with van der Waals surface area (Å²) in [6, 6.07) is 18.3. The highest BCUT2D eigenvalue weighted by Gasteiger charge is 2.16. The highest BCUT2D eigenvalue weighted by molar-refractivity contribution is 7.92. The first kappa shape index (κ1) is 23.6. The zero-order valence-electron chi connectivity index (χ0n) is 17.6. The number of carboxylic acid groups (broad SMARTS) is 1. The molecule has 0 aliphatic heterocycles. The van der Waals surface area contributed by atoms with Crippen LogP contribution < -0.4 is 19.5 Å². The van der Waals surface area contributed by atoms with Crippen molar-refractivity contribution in [1.29, 1.82) is 0 Å². The van der Waals surface area contributed by atoms with Gasteiger partial charge in [-0.05, 0) is 60.7 Å². The van der Waals surface area contributed by atoms with Gasteiger partial charge >= 0.3 is 5.97 Å². The van der Waals surface area contributed by atoms with E-state index in [1.165, 1.54) is 43.3 Å². The first-order chi connectivity index (χ1) is 15.7. The Balaban J connectivity index is 1.60. The zero-order valence-corrected chi connectivity index (χ0v) is 18.5. The van der Waals surface area contributed by atoms with Crippen molar-refractivity contribution in [1.82, 2.24) is 0 Å². The summed E-state index contributed by atoms with van der Waals surface area (Å²) in [5, 5.41) is 11.5. The molecule has 33 heavy (non-hydrogen) atoms. The molecule has 3 aromatic carbocycles. The van der Waals surface area contributed by atoms with Gasteiger partial charge in [-0.2, -0.15) is 0 Å². The lowest BCUT2D eigenvalue weighted by Crippen LogP contribution is -2.15. The number of aromatic carboxylic acids is 1. The molecule has 0 saturated heterocycles. The molecule has 0 unspecified atom stereocenters. The smallest absolute Gasteiger partial charge is 0.335 e. The van der Waals surface area contributed by atoms with E-state index in [0.717, 1.165) is 0 Å². The third-order valence-electron chi connectivity index (χ3n) is 4.33. The minimum absolute atomic E-state index is 0.0274. The van der Waals surface area contributed by atoms with Crippen LogP contribution in [0.15, 0.2) is 77.7 Å². The Morgan fingerprint density at radius 2 is 1.52 bits per heavy atom. The predicted octanol–water partition coefficient (Wildman–Crippen LogP) is 3.60. The van der Waals surface area contributed by atoms with E-state index in [-0.39, 0.29) is 35.3 Å². The number of anilines is 2. The van der Waals surface area contributed by atoms with Crippen molar-refractivity contribution in [2.24, 2.45) is 0 Å². The Kier molecular flexibility index (Phi) is 7.52. The van der Waals surface area contributed by atoms with E-state index in [1.54, 1.807) is 36.4 Å². The van der Waals surface area contributed by atoms with Gasteiger partial charge in [0.15, 0.2) is 0 Å². The maximum atomic E-state index is 12.8. The van der Waals surface area contributed by atoms with Crippen LogP contribution in [0.2, 0.25) is 0 Å². The molecule has 0 aromatic heterocycles. The minimum Gasteiger partial charge on any atom is -0.490 e. The van der Waals surface area contributed by atoms with Gasteiger partial charge in [0.25, 0.3) is 10.0 Å². The van der Waals surface area contributed by atoms with E-state index < -0.39 is 16.0 Å². The molecule has 10 heteroatoms. The number of carboxylic acids is 1. The van der Waals surface area contributed by atoms with E-state index in [0.29, 0.717) is 17.2 Å². The summed E-state index contributed by atoms with van der Waals surface area (Å²) in [7, 11) is -3.89. The molecule has 0 saturated carbocycles. The van der Waals surface area contributed by atoms with E-state index in [1.807, 2.05) is 0 Å². The van der Waals surface area contributed by atoms with Crippen molar-refractivity contribution < 1.29 is 32.6 Å². The van der Waals surface area contributed by atoms with Crippen molar-refractivity contribution in [2.45, 2.75) is 11.8 Å². The molecule has 1 amide bonds. The van der Waals surface area contributed by atoms with Crippen LogP contribution in [0.4, 0.5) is 11.4 Å². The summed E-state index contributed by atoms with van der Waals surface area (Å²) >= 11 is 0. The Morgan fingerprint density at radius 3 is 2.15 bits per heavy atom. The number of para-hydroxylation sites is 2. The van der Waals surface area contributed by atoms with E-state index >= 15 is 0 Å². The Bertz CT molecular complexity index is 1220. The van der Waals surface area contributed by atoms with Crippen molar-refractivity contribution in [3.8, 4) is 11.5 Å². The topological polar surface area (TPSA) is 131 Å². The SMILES string of the molecule is CC(=O)Nc1ccc(S(=O)(=O)Nc2ccccc2OCCOc2ccc(C(=O)O)cc2)cc1. The average Bonchev–Trinajstić information content (AvgIpc) is 2.78. The van der Waals surface area contributed by atoms with E-state index in [2.05, 4.69) is 10.0 Å². The molecule has 3 aromatic rings. The number of hydrogen-bond donors (Lipinski definition) is 3. The number of hydrogen-bond acceptors (Lipinski definition) is 6. The number of carbonyl (C=O) groups excluding carboxylic acids is 1. The highest BCUT2D eigenvalue weighted by atomic mass is 32.2. The normalized spacial score (nSPS) is 10.8. The van der Waals surface area contributed by atoms with Gasteiger partial charge in [0, 0.05) is 12.6 Å². The fraction of sp³-hybridized carbons (Fsp3) is 0.130. The molecule has 9 nitrogen and oxygen atoms in total. The Hall–Kier alpha value is -4.05. The average molecular weight is 471 g/mol. The van der Waals surface area contributed by atoms with Gasteiger partial charge in [-0.15, -0.1) is 0 Å². The fourth-order valence-corrected chi connectivity index (χ4v) is 3.88. The Morgan fingerprint density at radius 1 is 0.879 bits per heavy atom. The highest BCUT2D eigenvalue weighted by Crippen LogP contribution is 2.27. The molecule has 0 spiro atoms. The quantitative estimate of drug-likeness (QED) is 0.386. The van der Waals surface area contributed by atoms with Gasteiger partial charge in [0.05, 0.1) is 16.1 Å². The molecule has 0 aliphatic carbocycles. The van der Waals surface area contributed by atoms with Gasteiger partial charge in [-0.25, -0.2) is 13.2 Å². The number of rotatable bonds is 10. The second-order valence-electron chi connectivity index (χ2n) is 6.83. The lowest BCUT2D eigenvalue weighted by molar-refractivity contribution is -0.114. The van der Waals surface area contributed by atoms with Crippen LogP contribution >= 0.6 is 0 Å². The second kappa shape index (κ2) is 10.5. The monoisotopic (exact) mass is 470 g/mol. The molecule has 172 valence electrons. The van der Waals surface area contributed by atoms with Crippen molar-refractivity contribution in [3.05, 3.63) is 78.4 Å². The zero-order chi connectivity index (χ0) is 23.8. The molecule has 0 heterocycles. The third-order valence-corrected chi connectivity index (χ3v) is 5.71. The molecule has 0 fully saturated rings. The maximum Gasteiger partial charge on any atom is 0.335 e. The first-order valence-electron chi connectivity index (χ1n) is 9.83. The molecule has 3 N–H and O–H groups in total. The largest absolute Gasteiger partial charge is 0.490 e. The standard InChI is InChI=1S/C23H22N2O7S/c1-16(26)24-18-8-12-20(13-9-18)33(29,30)25-21-4-2-3-5-22(21)32-15-14-31-19-10-6-17(7-11-19)23(27)28/h2-13,25H,14-15H2,1H3,(H,24,26)(H,27,28). The van der Waals surface area contributed by atoms with Crippen LogP contribution in [0.5, 0.6) is 11.5 Å². The lowest BCUT2D eigenvalue weighted by Gasteiger charge is -2.14. The van der Waals surface area contributed by atoms with Crippen LogP contribution in [-0.4, -0.2) is 38.6 Å². The van der Waals surface area contributed by atoms with Gasteiger partial charge in [-0.1, -0.05) is 12.1 Å². The number of sulfonamides is 1. The Labute approximate surface area is 191 Å². The molecular weight excluding hydrogens is 448 g/mol. The third kappa shape index (κ3) is 6.71. The number of nitrogens with one attached hydrogen (secondary N) is 2. The van der Waals surface area contributed by atoms with Crippen molar-refractivity contribution in [2.75, 3.05) is 23.3 Å². The molecule has 0 atom stereocenters. The summed E-state index contributed by atoms with van der Waals surface area (Å²) in [5.74, 6) is -0.468. The number of amides is 1. The molecule has 3 rings (SSSR count).